The third-order valence-electron chi connectivity index (χ3n) is 2.81. The van der Waals surface area contributed by atoms with E-state index in [0.717, 1.165) is 0 Å². The molecule has 6 heteroatoms. The molecule has 0 bridgehead atoms. The van der Waals surface area contributed by atoms with Gasteiger partial charge in [-0.15, -0.1) is 0 Å². The SMILES string of the molecule is CCC(=O)OCC(C)(C)C(=O)C(Br)Oc1ccc(Cl)cc1. The molecule has 4 nitrogen and oxygen atoms in total. The number of esters is 1. The Labute approximate surface area is 137 Å². The minimum atomic E-state index is -0.842. The summed E-state index contributed by atoms with van der Waals surface area (Å²) in [6.45, 7) is 5.13. The summed E-state index contributed by atoms with van der Waals surface area (Å²) in [6.07, 6.45) is 0.281. The van der Waals surface area contributed by atoms with Crippen LogP contribution in [0.3, 0.4) is 0 Å². The Morgan fingerprint density at radius 1 is 1.29 bits per heavy atom. The zero-order chi connectivity index (χ0) is 16.0. The number of Topliss-reactive ketones (excluding diaryl/α,β-unsaturated/α-hetero) is 1. The molecular formula is C15H18BrClO4. The molecule has 116 valence electrons. The number of carbonyl (C=O) groups excluding carboxylic acids is 2. The molecule has 0 fully saturated rings. The van der Waals surface area contributed by atoms with Crippen LogP contribution in [0.25, 0.3) is 0 Å². The van der Waals surface area contributed by atoms with Gasteiger partial charge < -0.3 is 9.47 Å². The minimum Gasteiger partial charge on any atom is -0.471 e. The number of benzene rings is 1. The van der Waals surface area contributed by atoms with Crippen LogP contribution >= 0.6 is 27.5 Å². The fraction of sp³-hybridized carbons (Fsp3) is 0.467. The van der Waals surface area contributed by atoms with Gasteiger partial charge >= 0.3 is 5.97 Å². The number of rotatable bonds is 7. The summed E-state index contributed by atoms with van der Waals surface area (Å²) in [5, 5.41) is -0.236. The molecule has 1 atom stereocenters. The molecule has 0 aliphatic heterocycles. The number of alkyl halides is 1. The van der Waals surface area contributed by atoms with Crippen LogP contribution in [0.5, 0.6) is 5.75 Å². The molecule has 0 heterocycles. The maximum atomic E-state index is 12.3. The molecule has 0 N–H and O–H groups in total. The van der Waals surface area contributed by atoms with Gasteiger partial charge in [0, 0.05) is 11.4 Å². The van der Waals surface area contributed by atoms with Crippen molar-refractivity contribution in [2.75, 3.05) is 6.61 Å². The Morgan fingerprint density at radius 3 is 2.38 bits per heavy atom. The molecule has 0 amide bonds. The van der Waals surface area contributed by atoms with E-state index in [0.29, 0.717) is 10.8 Å². The monoisotopic (exact) mass is 376 g/mol. The molecule has 0 saturated carbocycles. The number of hydrogen-bond donors (Lipinski definition) is 0. The van der Waals surface area contributed by atoms with Crippen molar-refractivity contribution in [3.05, 3.63) is 29.3 Å². The van der Waals surface area contributed by atoms with Gasteiger partial charge in [-0.1, -0.05) is 18.5 Å². The maximum absolute atomic E-state index is 12.3. The highest BCUT2D eigenvalue weighted by Gasteiger charge is 2.35. The van der Waals surface area contributed by atoms with Gasteiger partial charge in [-0.2, -0.15) is 0 Å². The summed E-state index contributed by atoms with van der Waals surface area (Å²) >= 11 is 9.00. The van der Waals surface area contributed by atoms with E-state index >= 15 is 0 Å². The van der Waals surface area contributed by atoms with Gasteiger partial charge in [0.2, 0.25) is 5.01 Å². The van der Waals surface area contributed by atoms with Crippen LogP contribution in [0.15, 0.2) is 24.3 Å². The first kappa shape index (κ1) is 18.0. The minimum absolute atomic E-state index is 0.0184. The lowest BCUT2D eigenvalue weighted by molar-refractivity contribution is -0.149. The van der Waals surface area contributed by atoms with Crippen LogP contribution in [0.2, 0.25) is 5.02 Å². The van der Waals surface area contributed by atoms with Crippen LogP contribution in [-0.4, -0.2) is 23.4 Å². The molecule has 0 aliphatic rings. The zero-order valence-corrected chi connectivity index (χ0v) is 14.5. The molecule has 0 aromatic heterocycles. The van der Waals surface area contributed by atoms with Crippen molar-refractivity contribution in [2.45, 2.75) is 32.2 Å². The summed E-state index contributed by atoms with van der Waals surface area (Å²) in [7, 11) is 0. The van der Waals surface area contributed by atoms with E-state index in [1.165, 1.54) is 0 Å². The first-order valence-corrected chi connectivity index (χ1v) is 7.82. The van der Waals surface area contributed by atoms with E-state index in [9.17, 15) is 9.59 Å². The highest BCUT2D eigenvalue weighted by molar-refractivity contribution is 9.09. The second-order valence-electron chi connectivity index (χ2n) is 5.15. The van der Waals surface area contributed by atoms with E-state index in [-0.39, 0.29) is 24.8 Å². The van der Waals surface area contributed by atoms with Crippen molar-refractivity contribution in [3.8, 4) is 5.75 Å². The van der Waals surface area contributed by atoms with E-state index in [2.05, 4.69) is 15.9 Å². The normalized spacial score (nSPS) is 12.6. The smallest absolute Gasteiger partial charge is 0.305 e. The van der Waals surface area contributed by atoms with Gasteiger partial charge in [-0.3, -0.25) is 9.59 Å². The Kier molecular flexibility index (Phi) is 6.68. The average molecular weight is 378 g/mol. The molecule has 1 unspecified atom stereocenters. The summed E-state index contributed by atoms with van der Waals surface area (Å²) < 4.78 is 10.6. The maximum Gasteiger partial charge on any atom is 0.305 e. The lowest BCUT2D eigenvalue weighted by atomic mass is 9.89. The number of ketones is 1. The number of hydrogen-bond acceptors (Lipinski definition) is 4. The summed E-state index contributed by atoms with van der Waals surface area (Å²) in [4.78, 5) is 23.5. The molecule has 1 rings (SSSR count). The molecule has 0 spiro atoms. The topological polar surface area (TPSA) is 52.6 Å². The van der Waals surface area contributed by atoms with Crippen LogP contribution in [-0.2, 0) is 14.3 Å². The van der Waals surface area contributed by atoms with Crippen molar-refractivity contribution in [1.82, 2.24) is 0 Å². The molecular weight excluding hydrogens is 360 g/mol. The van der Waals surface area contributed by atoms with E-state index in [1.807, 2.05) is 0 Å². The van der Waals surface area contributed by atoms with Crippen molar-refractivity contribution >= 4 is 39.3 Å². The van der Waals surface area contributed by atoms with Gasteiger partial charge in [0.25, 0.3) is 0 Å². The number of carbonyl (C=O) groups is 2. The third-order valence-corrected chi connectivity index (χ3v) is 3.66. The molecule has 0 radical (unpaired) electrons. The first-order chi connectivity index (χ1) is 9.76. The highest BCUT2D eigenvalue weighted by atomic mass is 79.9. The van der Waals surface area contributed by atoms with Crippen LogP contribution in [0, 0.1) is 5.41 Å². The molecule has 1 aromatic carbocycles. The largest absolute Gasteiger partial charge is 0.471 e. The van der Waals surface area contributed by atoms with E-state index < -0.39 is 10.4 Å². The fourth-order valence-electron chi connectivity index (χ4n) is 1.43. The Bertz CT molecular complexity index is 499. The first-order valence-electron chi connectivity index (χ1n) is 6.52. The summed E-state index contributed by atoms with van der Waals surface area (Å²) in [5.74, 6) is -0.0158. The number of ether oxygens (including phenoxy) is 2. The van der Waals surface area contributed by atoms with Crippen molar-refractivity contribution < 1.29 is 19.1 Å². The van der Waals surface area contributed by atoms with E-state index in [4.69, 9.17) is 21.1 Å². The van der Waals surface area contributed by atoms with Crippen molar-refractivity contribution in [2.24, 2.45) is 5.41 Å². The summed E-state index contributed by atoms with van der Waals surface area (Å²) in [6, 6.07) is 6.70. The zero-order valence-electron chi connectivity index (χ0n) is 12.2. The fourth-order valence-corrected chi connectivity index (χ4v) is 2.39. The Morgan fingerprint density at radius 2 is 1.86 bits per heavy atom. The predicted octanol–water partition coefficient (Wildman–Crippen LogP) is 3.99. The van der Waals surface area contributed by atoms with Crippen LogP contribution in [0.4, 0.5) is 0 Å². The lowest BCUT2D eigenvalue weighted by Gasteiger charge is -2.25. The molecule has 0 aliphatic carbocycles. The standard InChI is InChI=1S/C15H18BrClO4/c1-4-12(18)20-9-15(2,3)13(19)14(16)21-11-7-5-10(17)6-8-11/h5-8,14H,4,9H2,1-3H3. The quantitative estimate of drug-likeness (QED) is 0.532. The van der Waals surface area contributed by atoms with Crippen molar-refractivity contribution in [3.63, 3.8) is 0 Å². The number of halogens is 2. The van der Waals surface area contributed by atoms with Gasteiger partial charge in [0.15, 0.2) is 5.78 Å². The Hall–Kier alpha value is -1.07. The second kappa shape index (κ2) is 7.80. The second-order valence-corrected chi connectivity index (χ2v) is 6.42. The van der Waals surface area contributed by atoms with Crippen LogP contribution in [0.1, 0.15) is 27.2 Å². The lowest BCUT2D eigenvalue weighted by Crippen LogP contribution is -2.38. The third kappa shape index (κ3) is 5.67. The van der Waals surface area contributed by atoms with Gasteiger partial charge in [-0.05, 0) is 54.0 Å². The predicted molar refractivity (Wildman–Crippen MR) is 84.8 cm³/mol. The van der Waals surface area contributed by atoms with E-state index in [1.54, 1.807) is 45.0 Å². The van der Waals surface area contributed by atoms with Gasteiger partial charge in [-0.25, -0.2) is 0 Å². The van der Waals surface area contributed by atoms with Gasteiger partial charge in [0.1, 0.15) is 12.4 Å². The average Bonchev–Trinajstić information content (AvgIpc) is 2.46. The van der Waals surface area contributed by atoms with Crippen LogP contribution < -0.4 is 4.74 Å². The highest BCUT2D eigenvalue weighted by Crippen LogP contribution is 2.25. The Balaban J connectivity index is 2.63. The molecule has 1 aromatic rings. The van der Waals surface area contributed by atoms with Gasteiger partial charge in [0.05, 0.1) is 5.41 Å². The van der Waals surface area contributed by atoms with Crippen molar-refractivity contribution in [1.29, 1.82) is 0 Å². The summed E-state index contributed by atoms with van der Waals surface area (Å²) in [5.41, 5.74) is -0.842. The molecule has 0 saturated heterocycles. The molecule has 21 heavy (non-hydrogen) atoms.